The van der Waals surface area contributed by atoms with Crippen molar-refractivity contribution in [2.24, 2.45) is 5.92 Å². The van der Waals surface area contributed by atoms with Gasteiger partial charge < -0.3 is 18.9 Å². The summed E-state index contributed by atoms with van der Waals surface area (Å²) in [6.07, 6.45) is 16.0. The molecule has 2 aromatic rings. The molecular formula is C32H40O4. The van der Waals surface area contributed by atoms with Gasteiger partial charge in [-0.25, -0.2) is 0 Å². The average Bonchev–Trinajstić information content (AvgIpc) is 3.85. The number of allylic oxidation sites excluding steroid dienone is 4. The third-order valence-corrected chi connectivity index (χ3v) is 7.50. The summed E-state index contributed by atoms with van der Waals surface area (Å²) in [5.41, 5.74) is 3.96. The number of unbranched alkanes of at least 4 members (excludes halogenated alkanes) is 1. The van der Waals surface area contributed by atoms with Crippen LogP contribution in [0.2, 0.25) is 0 Å². The van der Waals surface area contributed by atoms with Crippen molar-refractivity contribution in [3.05, 3.63) is 83.5 Å². The van der Waals surface area contributed by atoms with Gasteiger partial charge in [0.15, 0.2) is 0 Å². The molecule has 0 radical (unpaired) electrons. The van der Waals surface area contributed by atoms with Crippen molar-refractivity contribution in [3.63, 3.8) is 0 Å². The fourth-order valence-electron chi connectivity index (χ4n) is 4.90. The van der Waals surface area contributed by atoms with Gasteiger partial charge in [-0.1, -0.05) is 88.1 Å². The number of hydrogen-bond acceptors (Lipinski definition) is 4. The largest absolute Gasteiger partial charge is 0.491 e. The summed E-state index contributed by atoms with van der Waals surface area (Å²) >= 11 is 0. The van der Waals surface area contributed by atoms with Gasteiger partial charge in [0.05, 0.1) is 13.2 Å². The van der Waals surface area contributed by atoms with Crippen LogP contribution in [0.1, 0.15) is 68.1 Å². The van der Waals surface area contributed by atoms with Crippen LogP contribution in [-0.2, 0) is 15.9 Å². The first-order chi connectivity index (χ1) is 17.7. The van der Waals surface area contributed by atoms with E-state index in [9.17, 15) is 0 Å². The van der Waals surface area contributed by atoms with Gasteiger partial charge in [-0.15, -0.1) is 0 Å². The van der Waals surface area contributed by atoms with E-state index in [0.29, 0.717) is 25.0 Å². The van der Waals surface area contributed by atoms with Crippen molar-refractivity contribution >= 4 is 0 Å². The first-order valence-electron chi connectivity index (χ1n) is 13.8. The molecule has 3 unspecified atom stereocenters. The SMILES string of the molecule is CCCCC(CC)Cc1cc(C2C=CC(c3ccc(OCC4CO4)cc3)C=C2)ccc1OCC1CO1. The Balaban J connectivity index is 1.25. The van der Waals surface area contributed by atoms with Crippen LogP contribution < -0.4 is 9.47 Å². The average molecular weight is 489 g/mol. The van der Waals surface area contributed by atoms with E-state index >= 15 is 0 Å². The molecule has 2 aromatic carbocycles. The lowest BCUT2D eigenvalue weighted by molar-refractivity contribution is 0.259. The van der Waals surface area contributed by atoms with Gasteiger partial charge in [-0.05, 0) is 47.2 Å². The van der Waals surface area contributed by atoms with Gasteiger partial charge in [-0.2, -0.15) is 0 Å². The van der Waals surface area contributed by atoms with E-state index in [-0.39, 0.29) is 18.1 Å². The Morgan fingerprint density at radius 3 is 2.03 bits per heavy atom. The zero-order valence-electron chi connectivity index (χ0n) is 21.7. The van der Waals surface area contributed by atoms with Crippen molar-refractivity contribution in [3.8, 4) is 11.5 Å². The van der Waals surface area contributed by atoms with Gasteiger partial charge in [-0.3, -0.25) is 0 Å². The predicted octanol–water partition coefficient (Wildman–Crippen LogP) is 6.99. The molecule has 2 fully saturated rings. The van der Waals surface area contributed by atoms with E-state index < -0.39 is 0 Å². The molecule has 0 amide bonds. The highest BCUT2D eigenvalue weighted by Crippen LogP contribution is 2.34. The third-order valence-electron chi connectivity index (χ3n) is 7.50. The molecule has 5 rings (SSSR count). The van der Waals surface area contributed by atoms with Gasteiger partial charge in [0.2, 0.25) is 0 Å². The number of rotatable bonds is 14. The molecule has 2 aliphatic heterocycles. The molecule has 36 heavy (non-hydrogen) atoms. The van der Waals surface area contributed by atoms with E-state index in [1.165, 1.54) is 42.4 Å². The fourth-order valence-corrected chi connectivity index (χ4v) is 4.90. The van der Waals surface area contributed by atoms with Crippen LogP contribution in [0.15, 0.2) is 66.8 Å². The summed E-state index contributed by atoms with van der Waals surface area (Å²) in [6, 6.07) is 15.2. The maximum Gasteiger partial charge on any atom is 0.122 e. The second kappa shape index (κ2) is 12.1. The van der Waals surface area contributed by atoms with Crippen LogP contribution in [0.25, 0.3) is 0 Å². The van der Waals surface area contributed by atoms with Gasteiger partial charge in [0.25, 0.3) is 0 Å². The Morgan fingerprint density at radius 1 is 0.806 bits per heavy atom. The lowest BCUT2D eigenvalue weighted by Gasteiger charge is -2.21. The standard InChI is InChI=1S/C32H40O4/c1-3-5-6-23(4-2)17-28-18-27(13-16-32(28)36-22-31-21-35-31)26-9-7-24(8-10-26)25-11-14-29(15-12-25)33-19-30-20-34-30/h7-16,18,23-24,26,30-31H,3-6,17,19-22H2,1-2H3. The quantitative estimate of drug-likeness (QED) is 0.212. The molecule has 0 N–H and O–H groups in total. The second-order valence-electron chi connectivity index (χ2n) is 10.4. The molecule has 3 atom stereocenters. The second-order valence-corrected chi connectivity index (χ2v) is 10.4. The van der Waals surface area contributed by atoms with Gasteiger partial charge >= 0.3 is 0 Å². The van der Waals surface area contributed by atoms with Crippen molar-refractivity contribution in [2.75, 3.05) is 26.4 Å². The number of ether oxygens (including phenoxy) is 4. The molecule has 0 bridgehead atoms. The molecule has 2 heterocycles. The molecule has 3 aliphatic rings. The van der Waals surface area contributed by atoms with Crippen LogP contribution in [0, 0.1) is 5.92 Å². The van der Waals surface area contributed by atoms with E-state index in [2.05, 4.69) is 80.6 Å². The predicted molar refractivity (Wildman–Crippen MR) is 144 cm³/mol. The van der Waals surface area contributed by atoms with Crippen LogP contribution in [0.4, 0.5) is 0 Å². The highest BCUT2D eigenvalue weighted by Gasteiger charge is 2.25. The Labute approximate surface area is 216 Å². The molecule has 0 aromatic heterocycles. The lowest BCUT2D eigenvalue weighted by atomic mass is 9.85. The van der Waals surface area contributed by atoms with E-state index in [0.717, 1.165) is 31.1 Å². The van der Waals surface area contributed by atoms with Crippen LogP contribution in [0.3, 0.4) is 0 Å². The Morgan fingerprint density at radius 2 is 1.42 bits per heavy atom. The maximum absolute atomic E-state index is 6.19. The summed E-state index contributed by atoms with van der Waals surface area (Å²) in [4.78, 5) is 0. The van der Waals surface area contributed by atoms with Crippen LogP contribution in [-0.4, -0.2) is 38.6 Å². The molecule has 4 nitrogen and oxygen atoms in total. The topological polar surface area (TPSA) is 43.5 Å². The minimum absolute atomic E-state index is 0.272. The van der Waals surface area contributed by atoms with E-state index in [1.807, 2.05) is 0 Å². The van der Waals surface area contributed by atoms with Crippen molar-refractivity contribution in [1.82, 2.24) is 0 Å². The number of epoxide rings is 2. The fraction of sp³-hybridized carbons (Fsp3) is 0.500. The van der Waals surface area contributed by atoms with Crippen molar-refractivity contribution in [1.29, 1.82) is 0 Å². The first kappa shape index (κ1) is 25.1. The van der Waals surface area contributed by atoms with E-state index in [4.69, 9.17) is 18.9 Å². The van der Waals surface area contributed by atoms with Crippen molar-refractivity contribution in [2.45, 2.75) is 70.0 Å². The third kappa shape index (κ3) is 7.02. The number of hydrogen-bond donors (Lipinski definition) is 0. The zero-order valence-corrected chi connectivity index (χ0v) is 21.7. The van der Waals surface area contributed by atoms with Crippen molar-refractivity contribution < 1.29 is 18.9 Å². The molecular weight excluding hydrogens is 448 g/mol. The molecule has 4 heteroatoms. The summed E-state index contributed by atoms with van der Waals surface area (Å²) in [6.45, 7) is 7.53. The highest BCUT2D eigenvalue weighted by molar-refractivity contribution is 5.44. The summed E-state index contributed by atoms with van der Waals surface area (Å²) in [5, 5.41) is 0. The summed E-state index contributed by atoms with van der Waals surface area (Å²) in [5.74, 6) is 3.22. The van der Waals surface area contributed by atoms with Crippen LogP contribution >= 0.6 is 0 Å². The molecule has 0 spiro atoms. The monoisotopic (exact) mass is 488 g/mol. The summed E-state index contributed by atoms with van der Waals surface area (Å²) < 4.78 is 22.6. The Bertz CT molecular complexity index is 1020. The van der Waals surface area contributed by atoms with E-state index in [1.54, 1.807) is 0 Å². The van der Waals surface area contributed by atoms with Crippen LogP contribution in [0.5, 0.6) is 11.5 Å². The lowest BCUT2D eigenvalue weighted by Crippen LogP contribution is -2.10. The smallest absolute Gasteiger partial charge is 0.122 e. The minimum atomic E-state index is 0.272. The maximum atomic E-state index is 6.19. The highest BCUT2D eigenvalue weighted by atomic mass is 16.6. The first-order valence-corrected chi connectivity index (χ1v) is 13.8. The molecule has 2 saturated heterocycles. The molecule has 192 valence electrons. The normalized spacial score (nSPS) is 24.9. The van der Waals surface area contributed by atoms with Gasteiger partial charge in [0.1, 0.15) is 36.9 Å². The Kier molecular flexibility index (Phi) is 8.45. The Hall–Kier alpha value is -2.56. The van der Waals surface area contributed by atoms with Gasteiger partial charge in [0, 0.05) is 11.8 Å². The number of benzene rings is 2. The minimum Gasteiger partial charge on any atom is -0.491 e. The zero-order chi connectivity index (χ0) is 24.7. The molecule has 0 saturated carbocycles. The molecule has 1 aliphatic carbocycles. The summed E-state index contributed by atoms with van der Waals surface area (Å²) in [7, 11) is 0.